The average Bonchev–Trinajstić information content (AvgIpc) is 3.17. The summed E-state index contributed by atoms with van der Waals surface area (Å²) in [6.07, 6.45) is 9.98. The van der Waals surface area contributed by atoms with Crippen molar-refractivity contribution in [2.75, 3.05) is 13.7 Å². The van der Waals surface area contributed by atoms with E-state index in [1.165, 1.54) is 7.11 Å². The molecule has 0 aromatic heterocycles. The number of fused-ring (bicyclic) bond motifs is 1. The number of esters is 1. The van der Waals surface area contributed by atoms with Crippen molar-refractivity contribution in [2.45, 2.75) is 65.4 Å². The number of unbranched alkanes of at least 4 members (excludes halogenated alkanes) is 1. The molecule has 0 radical (unpaired) electrons. The Morgan fingerprint density at radius 3 is 2.82 bits per heavy atom. The summed E-state index contributed by atoms with van der Waals surface area (Å²) in [7, 11) is 1.35. The number of carbonyl (C=O) groups excluding carboxylic acids is 2. The molecular formula is C22H35NO5. The van der Waals surface area contributed by atoms with Gasteiger partial charge in [0.05, 0.1) is 26.2 Å². The number of nitrogens with one attached hydrogen (secondary N) is 1. The number of hydroxylamine groups is 1. The third-order valence-electron chi connectivity index (χ3n) is 5.98. The Bertz CT molecular complexity index is 610. The monoisotopic (exact) mass is 393 g/mol. The van der Waals surface area contributed by atoms with Crippen molar-refractivity contribution in [2.24, 2.45) is 23.2 Å². The molecule has 0 aliphatic heterocycles. The van der Waals surface area contributed by atoms with Crippen LogP contribution in [0.2, 0.25) is 0 Å². The molecule has 0 bridgehead atoms. The Morgan fingerprint density at radius 1 is 1.39 bits per heavy atom. The van der Waals surface area contributed by atoms with Crippen molar-refractivity contribution in [3.63, 3.8) is 0 Å². The number of ether oxygens (including phenoxy) is 1. The molecule has 0 amide bonds. The van der Waals surface area contributed by atoms with E-state index in [1.807, 2.05) is 19.9 Å². The van der Waals surface area contributed by atoms with Crippen LogP contribution in [0.3, 0.4) is 0 Å². The van der Waals surface area contributed by atoms with E-state index in [0.717, 1.165) is 37.8 Å². The third kappa shape index (κ3) is 5.92. The highest BCUT2D eigenvalue weighted by molar-refractivity contribution is 5.94. The highest BCUT2D eigenvalue weighted by atomic mass is 16.6. The van der Waals surface area contributed by atoms with Crippen LogP contribution < -0.4 is 5.48 Å². The fourth-order valence-electron chi connectivity index (χ4n) is 4.12. The van der Waals surface area contributed by atoms with E-state index in [0.29, 0.717) is 5.92 Å². The summed E-state index contributed by atoms with van der Waals surface area (Å²) in [6.45, 7) is 6.36. The van der Waals surface area contributed by atoms with E-state index >= 15 is 0 Å². The normalized spacial score (nSPS) is 27.0. The minimum Gasteiger partial charge on any atom is -0.469 e. The summed E-state index contributed by atoms with van der Waals surface area (Å²) >= 11 is 0. The van der Waals surface area contributed by atoms with E-state index in [2.05, 4.69) is 23.2 Å². The molecule has 0 saturated heterocycles. The van der Waals surface area contributed by atoms with Crippen LogP contribution in [0.4, 0.5) is 0 Å². The van der Waals surface area contributed by atoms with Gasteiger partial charge in [-0.05, 0) is 37.2 Å². The number of carbonyl (C=O) groups is 2. The van der Waals surface area contributed by atoms with E-state index in [4.69, 9.17) is 4.84 Å². The highest BCUT2D eigenvalue weighted by Gasteiger charge is 2.43. The van der Waals surface area contributed by atoms with Gasteiger partial charge in [-0.25, -0.2) is 0 Å². The first kappa shape index (κ1) is 22.6. The van der Waals surface area contributed by atoms with Gasteiger partial charge in [-0.2, -0.15) is 0 Å². The lowest BCUT2D eigenvalue weighted by atomic mass is 9.82. The molecule has 28 heavy (non-hydrogen) atoms. The van der Waals surface area contributed by atoms with Crippen LogP contribution in [0.1, 0.15) is 59.3 Å². The van der Waals surface area contributed by atoms with Crippen LogP contribution in [0.15, 0.2) is 23.9 Å². The van der Waals surface area contributed by atoms with Gasteiger partial charge in [-0.1, -0.05) is 45.8 Å². The average molecular weight is 394 g/mol. The van der Waals surface area contributed by atoms with E-state index in [9.17, 15) is 14.7 Å². The third-order valence-corrected chi connectivity index (χ3v) is 5.98. The number of ketones is 1. The van der Waals surface area contributed by atoms with Crippen LogP contribution in [0.5, 0.6) is 0 Å². The van der Waals surface area contributed by atoms with Gasteiger partial charge in [0, 0.05) is 17.0 Å². The van der Waals surface area contributed by atoms with Crippen LogP contribution in [-0.2, 0) is 19.2 Å². The zero-order valence-electron chi connectivity index (χ0n) is 17.6. The number of hydrogen-bond donors (Lipinski definition) is 2. The summed E-state index contributed by atoms with van der Waals surface area (Å²) in [5, 5.41) is 10.4. The summed E-state index contributed by atoms with van der Waals surface area (Å²) < 4.78 is 4.58. The molecule has 0 unspecified atom stereocenters. The molecule has 2 aliphatic carbocycles. The fraction of sp³-hybridized carbons (Fsp3) is 0.727. The largest absolute Gasteiger partial charge is 0.469 e. The van der Waals surface area contributed by atoms with Gasteiger partial charge in [-0.3, -0.25) is 19.9 Å². The zero-order valence-corrected chi connectivity index (χ0v) is 17.6. The quantitative estimate of drug-likeness (QED) is 0.242. The van der Waals surface area contributed by atoms with Crippen molar-refractivity contribution >= 4 is 11.8 Å². The van der Waals surface area contributed by atoms with Crippen molar-refractivity contribution in [1.82, 2.24) is 5.48 Å². The molecule has 2 aliphatic rings. The fourth-order valence-corrected chi connectivity index (χ4v) is 4.12. The van der Waals surface area contributed by atoms with E-state index in [-0.39, 0.29) is 42.0 Å². The van der Waals surface area contributed by atoms with Gasteiger partial charge >= 0.3 is 5.97 Å². The van der Waals surface area contributed by atoms with Crippen molar-refractivity contribution in [3.05, 3.63) is 23.9 Å². The van der Waals surface area contributed by atoms with Gasteiger partial charge in [0.25, 0.3) is 0 Å². The topological polar surface area (TPSA) is 84.9 Å². The van der Waals surface area contributed by atoms with Crippen LogP contribution in [0.25, 0.3) is 0 Å². The smallest absolute Gasteiger partial charge is 0.307 e. The van der Waals surface area contributed by atoms with Gasteiger partial charge in [0.2, 0.25) is 0 Å². The molecule has 1 saturated carbocycles. The van der Waals surface area contributed by atoms with Gasteiger partial charge < -0.3 is 9.84 Å². The van der Waals surface area contributed by atoms with E-state index < -0.39 is 6.10 Å². The maximum absolute atomic E-state index is 12.6. The van der Waals surface area contributed by atoms with Gasteiger partial charge in [0.1, 0.15) is 0 Å². The number of aliphatic hydroxyl groups excluding tert-OH is 1. The minimum atomic E-state index is -0.421. The molecule has 158 valence electrons. The highest BCUT2D eigenvalue weighted by Crippen LogP contribution is 2.46. The van der Waals surface area contributed by atoms with Gasteiger partial charge in [0.15, 0.2) is 5.78 Å². The summed E-state index contributed by atoms with van der Waals surface area (Å²) in [5.41, 5.74) is 3.53. The first-order valence-corrected chi connectivity index (χ1v) is 10.3. The number of methoxy groups -OCH3 is 1. The Hall–Kier alpha value is -1.66. The maximum atomic E-state index is 12.6. The predicted molar refractivity (Wildman–Crippen MR) is 107 cm³/mol. The second kappa shape index (κ2) is 10.2. The Kier molecular flexibility index (Phi) is 8.25. The number of hydrogen-bond acceptors (Lipinski definition) is 6. The Balaban J connectivity index is 1.90. The Labute approximate surface area is 168 Å². The summed E-state index contributed by atoms with van der Waals surface area (Å²) in [4.78, 5) is 29.0. The van der Waals surface area contributed by atoms with E-state index in [1.54, 1.807) is 6.08 Å². The molecule has 6 nitrogen and oxygen atoms in total. The molecule has 6 heteroatoms. The molecular weight excluding hydrogens is 358 g/mol. The Morgan fingerprint density at radius 2 is 2.14 bits per heavy atom. The van der Waals surface area contributed by atoms with Crippen molar-refractivity contribution in [3.8, 4) is 0 Å². The standard InChI is InChI=1S/C22H35NO5/c1-5-6-10-22(2,3)20(25)8-7-17-18-14-16(12-15(18)13-19(17)24)23-28-11-9-21(26)27-4/h7-8,14-15,17-19,23-24H,5-6,9-13H2,1-4H3/t15-,17-,18+,19-/m0/s1. The molecule has 0 heterocycles. The molecule has 0 aromatic rings. The first-order valence-electron chi connectivity index (χ1n) is 10.3. The molecule has 2 rings (SSSR count). The maximum Gasteiger partial charge on any atom is 0.307 e. The molecule has 0 spiro atoms. The minimum absolute atomic E-state index is 0.0507. The number of allylic oxidation sites excluding steroid dienone is 3. The second-order valence-corrected chi connectivity index (χ2v) is 8.60. The second-order valence-electron chi connectivity index (χ2n) is 8.60. The number of rotatable bonds is 11. The zero-order chi connectivity index (χ0) is 20.7. The van der Waals surface area contributed by atoms with Crippen LogP contribution in [-0.4, -0.2) is 36.7 Å². The van der Waals surface area contributed by atoms with Crippen molar-refractivity contribution in [1.29, 1.82) is 0 Å². The lowest BCUT2D eigenvalue weighted by Crippen LogP contribution is -2.23. The first-order chi connectivity index (χ1) is 13.3. The van der Waals surface area contributed by atoms with Crippen molar-refractivity contribution < 1.29 is 24.3 Å². The predicted octanol–water partition coefficient (Wildman–Crippen LogP) is 3.31. The van der Waals surface area contributed by atoms with Crippen LogP contribution >= 0.6 is 0 Å². The van der Waals surface area contributed by atoms with Crippen LogP contribution in [0, 0.1) is 23.2 Å². The molecule has 1 fully saturated rings. The summed E-state index contributed by atoms with van der Waals surface area (Å²) in [6, 6.07) is 0. The summed E-state index contributed by atoms with van der Waals surface area (Å²) in [5.74, 6) is 0.316. The lowest BCUT2D eigenvalue weighted by Gasteiger charge is -2.22. The number of aliphatic hydroxyl groups is 1. The molecule has 4 atom stereocenters. The van der Waals surface area contributed by atoms with Gasteiger partial charge in [-0.15, -0.1) is 0 Å². The SMILES string of the molecule is CCCCC(C)(C)C(=O)C=C[C@H]1[C@@H]2C=C(NOCCC(=O)OC)C[C@H]2C[C@@H]1O. The molecule has 2 N–H and O–H groups in total. The lowest BCUT2D eigenvalue weighted by molar-refractivity contribution is -0.142. The molecule has 0 aromatic carbocycles.